The summed E-state index contributed by atoms with van der Waals surface area (Å²) in [6, 6.07) is 11.4. The van der Waals surface area contributed by atoms with E-state index in [9.17, 15) is 18.1 Å². The van der Waals surface area contributed by atoms with Gasteiger partial charge in [-0.05, 0) is 57.4 Å². The van der Waals surface area contributed by atoms with Crippen molar-refractivity contribution in [2.75, 3.05) is 36.4 Å². The number of anilines is 3. The first-order chi connectivity index (χ1) is 17.6. The Hall–Kier alpha value is -3.85. The van der Waals surface area contributed by atoms with Gasteiger partial charge in [-0.25, -0.2) is 17.8 Å². The van der Waals surface area contributed by atoms with Crippen molar-refractivity contribution in [3.05, 3.63) is 70.9 Å². The lowest BCUT2D eigenvalue weighted by Crippen LogP contribution is -2.26. The minimum absolute atomic E-state index is 0.0665. The predicted molar refractivity (Wildman–Crippen MR) is 143 cm³/mol. The quantitative estimate of drug-likeness (QED) is 0.330. The number of pyridine rings is 3. The van der Waals surface area contributed by atoms with Crippen molar-refractivity contribution in [3.8, 4) is 17.3 Å². The Kier molecular flexibility index (Phi) is 7.54. The van der Waals surface area contributed by atoms with Crippen molar-refractivity contribution < 1.29 is 12.8 Å². The molecule has 0 fully saturated rings. The first-order valence-corrected chi connectivity index (χ1v) is 13.1. The second-order valence-electron chi connectivity index (χ2n) is 8.56. The molecular weight excluding hydrogens is 517 g/mol. The molecular formula is C25H23ClFN7O2S. The van der Waals surface area contributed by atoms with Gasteiger partial charge in [-0.15, -0.1) is 0 Å². The second-order valence-corrected chi connectivity index (χ2v) is 10.8. The van der Waals surface area contributed by atoms with Crippen LogP contribution in [-0.4, -0.2) is 54.7 Å². The van der Waals surface area contributed by atoms with Gasteiger partial charge in [0, 0.05) is 30.2 Å². The number of fused-ring (bicyclic) bond motifs is 1. The zero-order chi connectivity index (χ0) is 26.7. The number of aryl methyl sites for hydroxylation is 1. The molecule has 0 aliphatic heterocycles. The average molecular weight is 540 g/mol. The Bertz CT molecular complexity index is 1640. The van der Waals surface area contributed by atoms with E-state index in [2.05, 4.69) is 26.1 Å². The van der Waals surface area contributed by atoms with E-state index in [0.29, 0.717) is 51.6 Å². The summed E-state index contributed by atoms with van der Waals surface area (Å²) in [5.41, 5.74) is 3.91. The van der Waals surface area contributed by atoms with Crippen LogP contribution in [0.2, 0.25) is 5.02 Å². The smallest absolute Gasteiger partial charge is 0.234 e. The molecule has 0 amide bonds. The van der Waals surface area contributed by atoms with Crippen molar-refractivity contribution in [3.63, 3.8) is 0 Å². The minimum Gasteiger partial charge on any atom is -0.353 e. The summed E-state index contributed by atoms with van der Waals surface area (Å²) in [4.78, 5) is 15.2. The zero-order valence-corrected chi connectivity index (χ0v) is 21.8. The third-order valence-electron chi connectivity index (χ3n) is 5.48. The fraction of sp³-hybridized carbons (Fsp3) is 0.200. The molecule has 4 rings (SSSR count). The largest absolute Gasteiger partial charge is 0.353 e. The van der Waals surface area contributed by atoms with Gasteiger partial charge in [0.2, 0.25) is 10.0 Å². The molecule has 3 heterocycles. The summed E-state index contributed by atoms with van der Waals surface area (Å²) in [7, 11) is 0.0123. The van der Waals surface area contributed by atoms with Crippen LogP contribution in [-0.2, 0) is 10.0 Å². The van der Waals surface area contributed by atoms with E-state index in [4.69, 9.17) is 16.6 Å². The maximum absolute atomic E-state index is 13.6. The highest BCUT2D eigenvalue weighted by atomic mass is 35.5. The molecule has 0 bridgehead atoms. The van der Waals surface area contributed by atoms with E-state index in [1.165, 1.54) is 24.4 Å². The van der Waals surface area contributed by atoms with E-state index in [1.54, 1.807) is 50.3 Å². The normalized spacial score (nSPS) is 11.5. The predicted octanol–water partition coefficient (Wildman–Crippen LogP) is 4.71. The summed E-state index contributed by atoms with van der Waals surface area (Å²) < 4.78 is 41.3. The molecule has 0 saturated heterocycles. The van der Waals surface area contributed by atoms with Crippen LogP contribution in [0.5, 0.6) is 0 Å². The fourth-order valence-electron chi connectivity index (χ4n) is 3.45. The highest BCUT2D eigenvalue weighted by molar-refractivity contribution is 7.92. The van der Waals surface area contributed by atoms with Crippen LogP contribution in [0, 0.1) is 24.1 Å². The Labute approximate surface area is 219 Å². The zero-order valence-electron chi connectivity index (χ0n) is 20.2. The lowest BCUT2D eigenvalue weighted by molar-refractivity contribution is 0.432. The molecule has 3 aromatic heterocycles. The van der Waals surface area contributed by atoms with Crippen LogP contribution in [0.4, 0.5) is 21.5 Å². The van der Waals surface area contributed by atoms with Crippen molar-refractivity contribution in [2.24, 2.45) is 0 Å². The molecule has 9 nitrogen and oxygen atoms in total. The summed E-state index contributed by atoms with van der Waals surface area (Å²) in [6.07, 6.45) is 3.01. The monoisotopic (exact) mass is 539 g/mol. The summed E-state index contributed by atoms with van der Waals surface area (Å²) in [5.74, 6) is -0.629. The van der Waals surface area contributed by atoms with E-state index in [0.717, 1.165) is 0 Å². The van der Waals surface area contributed by atoms with Crippen molar-refractivity contribution >= 4 is 49.7 Å². The number of nitrogens with zero attached hydrogens (tertiary/aromatic N) is 5. The van der Waals surface area contributed by atoms with Crippen molar-refractivity contribution in [1.82, 2.24) is 19.9 Å². The van der Waals surface area contributed by atoms with Crippen LogP contribution in [0.1, 0.15) is 11.3 Å². The van der Waals surface area contributed by atoms with Gasteiger partial charge in [0.1, 0.15) is 17.4 Å². The number of hydrogen-bond donors (Lipinski definition) is 2. The van der Waals surface area contributed by atoms with Gasteiger partial charge in [-0.3, -0.25) is 14.7 Å². The number of aromatic nitrogens is 3. The lowest BCUT2D eigenvalue weighted by Gasteiger charge is -2.14. The van der Waals surface area contributed by atoms with Gasteiger partial charge < -0.3 is 10.2 Å². The van der Waals surface area contributed by atoms with Crippen LogP contribution in [0.15, 0.2) is 48.8 Å². The molecule has 0 radical (unpaired) electrons. The maximum Gasteiger partial charge on any atom is 0.234 e. The molecule has 1 aromatic carbocycles. The Morgan fingerprint density at radius 2 is 1.92 bits per heavy atom. The molecule has 0 aliphatic rings. The SMILES string of the molecule is Cc1ncc(-c2ccc3ncc(C#N)c(Nc4ccc(F)c(Cl)c4)c3n2)cc1NS(=O)(=O)CCN(C)C. The van der Waals surface area contributed by atoms with Crippen LogP contribution < -0.4 is 10.0 Å². The number of nitriles is 1. The average Bonchev–Trinajstić information content (AvgIpc) is 2.86. The number of halogens is 2. The van der Waals surface area contributed by atoms with E-state index >= 15 is 0 Å². The third kappa shape index (κ3) is 6.11. The molecule has 37 heavy (non-hydrogen) atoms. The molecule has 0 saturated carbocycles. The van der Waals surface area contributed by atoms with Gasteiger partial charge >= 0.3 is 0 Å². The molecule has 0 unspecified atom stereocenters. The number of sulfonamides is 1. The second kappa shape index (κ2) is 10.6. The Morgan fingerprint density at radius 3 is 2.62 bits per heavy atom. The van der Waals surface area contributed by atoms with Crippen LogP contribution in [0.25, 0.3) is 22.3 Å². The number of benzene rings is 1. The van der Waals surface area contributed by atoms with Crippen LogP contribution >= 0.6 is 11.6 Å². The Morgan fingerprint density at radius 1 is 1.14 bits per heavy atom. The fourth-order valence-corrected chi connectivity index (χ4v) is 4.88. The van der Waals surface area contributed by atoms with Crippen molar-refractivity contribution in [1.29, 1.82) is 5.26 Å². The Balaban J connectivity index is 1.75. The maximum atomic E-state index is 13.6. The minimum atomic E-state index is -3.59. The standard InChI is InChI=1S/C25H23ClFN7O2S/c1-15-23(33-37(35,36)9-8-34(2)3)10-16(13-29-15)21-6-7-22-25(32-21)24(17(12-28)14-30-22)31-18-4-5-20(27)19(26)11-18/h4-7,10-11,13-14,33H,8-9H2,1-3H3,(H,30,31). The number of hydrogen-bond acceptors (Lipinski definition) is 8. The molecule has 0 spiro atoms. The molecule has 4 aromatic rings. The highest BCUT2D eigenvalue weighted by Crippen LogP contribution is 2.32. The highest BCUT2D eigenvalue weighted by Gasteiger charge is 2.16. The third-order valence-corrected chi connectivity index (χ3v) is 7.02. The van der Waals surface area contributed by atoms with Gasteiger partial charge in [-0.1, -0.05) is 11.6 Å². The van der Waals surface area contributed by atoms with Gasteiger partial charge in [0.05, 0.1) is 44.6 Å². The van der Waals surface area contributed by atoms with Crippen LogP contribution in [0.3, 0.4) is 0 Å². The van der Waals surface area contributed by atoms with Gasteiger partial charge in [0.15, 0.2) is 0 Å². The summed E-state index contributed by atoms with van der Waals surface area (Å²) >= 11 is 5.92. The molecule has 2 N–H and O–H groups in total. The number of nitrogens with one attached hydrogen (secondary N) is 2. The topological polar surface area (TPSA) is 124 Å². The molecule has 190 valence electrons. The van der Waals surface area contributed by atoms with Gasteiger partial charge in [-0.2, -0.15) is 5.26 Å². The molecule has 0 atom stereocenters. The molecule has 12 heteroatoms. The summed E-state index contributed by atoms with van der Waals surface area (Å²) in [5, 5.41) is 12.7. The first kappa shape index (κ1) is 26.2. The summed E-state index contributed by atoms with van der Waals surface area (Å²) in [6.45, 7) is 2.08. The molecule has 0 aliphatic carbocycles. The first-order valence-electron chi connectivity index (χ1n) is 11.1. The van der Waals surface area contributed by atoms with Gasteiger partial charge in [0.25, 0.3) is 0 Å². The van der Waals surface area contributed by atoms with E-state index in [1.807, 2.05) is 0 Å². The number of rotatable bonds is 8. The lowest BCUT2D eigenvalue weighted by atomic mass is 10.1. The van der Waals surface area contributed by atoms with E-state index in [-0.39, 0.29) is 16.3 Å². The van der Waals surface area contributed by atoms with Crippen molar-refractivity contribution in [2.45, 2.75) is 6.92 Å². The van der Waals surface area contributed by atoms with E-state index < -0.39 is 15.8 Å².